The van der Waals surface area contributed by atoms with E-state index in [9.17, 15) is 4.79 Å². The molecular formula is C26H42O4. The molecule has 4 heteroatoms. The van der Waals surface area contributed by atoms with E-state index in [0.717, 1.165) is 43.1 Å². The van der Waals surface area contributed by atoms with E-state index in [4.69, 9.17) is 14.2 Å². The second-order valence-corrected chi connectivity index (χ2v) is 11.7. The fourth-order valence-corrected chi connectivity index (χ4v) is 8.72. The van der Waals surface area contributed by atoms with Gasteiger partial charge in [-0.05, 0) is 106 Å². The first-order chi connectivity index (χ1) is 14.4. The van der Waals surface area contributed by atoms with Crippen LogP contribution in [0.1, 0.15) is 97.8 Å². The summed E-state index contributed by atoms with van der Waals surface area (Å²) in [6.07, 6.45) is 15.4. The zero-order chi connectivity index (χ0) is 20.9. The van der Waals surface area contributed by atoms with Gasteiger partial charge in [0.2, 0.25) is 0 Å². The van der Waals surface area contributed by atoms with E-state index < -0.39 is 0 Å². The van der Waals surface area contributed by atoms with Crippen LogP contribution in [0.2, 0.25) is 0 Å². The molecule has 9 atom stereocenters. The molecule has 4 nitrogen and oxygen atoms in total. The minimum absolute atomic E-state index is 0.0523. The maximum absolute atomic E-state index is 11.7. The molecule has 0 N–H and O–H groups in total. The van der Waals surface area contributed by atoms with Crippen molar-refractivity contribution < 1.29 is 19.0 Å². The van der Waals surface area contributed by atoms with Crippen LogP contribution in [0.4, 0.5) is 0 Å². The lowest BCUT2D eigenvalue weighted by Gasteiger charge is -2.61. The Hall–Kier alpha value is -0.610. The van der Waals surface area contributed by atoms with Crippen molar-refractivity contribution >= 4 is 5.97 Å². The quantitative estimate of drug-likeness (QED) is 0.424. The minimum atomic E-state index is -0.0973. The van der Waals surface area contributed by atoms with Crippen LogP contribution in [-0.4, -0.2) is 31.1 Å². The normalized spacial score (nSPS) is 50.8. The van der Waals surface area contributed by atoms with Crippen molar-refractivity contribution in [3.05, 3.63) is 0 Å². The highest BCUT2D eigenvalue weighted by molar-refractivity contribution is 5.66. The van der Waals surface area contributed by atoms with Gasteiger partial charge < -0.3 is 14.2 Å². The molecule has 0 amide bonds. The van der Waals surface area contributed by atoms with E-state index in [1.165, 1.54) is 64.2 Å². The number of ether oxygens (including phenoxy) is 3. The molecule has 170 valence electrons. The Morgan fingerprint density at radius 2 is 1.70 bits per heavy atom. The van der Waals surface area contributed by atoms with Crippen molar-refractivity contribution in [3.63, 3.8) is 0 Å². The molecule has 5 aliphatic rings. The Labute approximate surface area is 182 Å². The molecule has 0 aromatic carbocycles. The zero-order valence-corrected chi connectivity index (χ0v) is 19.4. The number of fused-ring (bicyclic) bond motifs is 5. The van der Waals surface area contributed by atoms with Gasteiger partial charge >= 0.3 is 5.97 Å². The molecule has 0 aromatic rings. The third kappa shape index (κ3) is 3.54. The SMILES string of the molecule is CC(=O)O[C@@H]1CC[C@@H]2[C@@H]3CC[C@@H]4C[C@H](O[C@@H]5CCCCO5)CC[C@]4(C)[C@@H]3CC[C@@]21C. The van der Waals surface area contributed by atoms with Crippen LogP contribution in [0.15, 0.2) is 0 Å². The second kappa shape index (κ2) is 8.06. The summed E-state index contributed by atoms with van der Waals surface area (Å²) in [5, 5.41) is 0. The summed E-state index contributed by atoms with van der Waals surface area (Å²) in [4.78, 5) is 11.7. The van der Waals surface area contributed by atoms with Gasteiger partial charge in [0.05, 0.1) is 6.10 Å². The van der Waals surface area contributed by atoms with E-state index in [1.807, 2.05) is 0 Å². The first kappa shape index (κ1) is 21.2. The van der Waals surface area contributed by atoms with E-state index in [-0.39, 0.29) is 23.8 Å². The molecule has 1 saturated heterocycles. The summed E-state index contributed by atoms with van der Waals surface area (Å²) >= 11 is 0. The van der Waals surface area contributed by atoms with Gasteiger partial charge in [0.15, 0.2) is 6.29 Å². The van der Waals surface area contributed by atoms with Crippen molar-refractivity contribution in [2.45, 2.75) is 116 Å². The molecule has 30 heavy (non-hydrogen) atoms. The van der Waals surface area contributed by atoms with Crippen LogP contribution in [-0.2, 0) is 19.0 Å². The Morgan fingerprint density at radius 1 is 0.900 bits per heavy atom. The summed E-state index contributed by atoms with van der Waals surface area (Å²) in [7, 11) is 0. The predicted molar refractivity (Wildman–Crippen MR) is 116 cm³/mol. The lowest BCUT2D eigenvalue weighted by atomic mass is 9.45. The van der Waals surface area contributed by atoms with Crippen LogP contribution in [0.5, 0.6) is 0 Å². The average Bonchev–Trinajstić information content (AvgIpc) is 3.05. The molecule has 0 bridgehead atoms. The molecule has 1 aliphatic heterocycles. The van der Waals surface area contributed by atoms with Gasteiger partial charge in [-0.25, -0.2) is 0 Å². The monoisotopic (exact) mass is 418 g/mol. The minimum Gasteiger partial charge on any atom is -0.462 e. The molecule has 0 aromatic heterocycles. The second-order valence-electron chi connectivity index (χ2n) is 11.7. The van der Waals surface area contributed by atoms with Crippen molar-refractivity contribution in [3.8, 4) is 0 Å². The molecule has 0 spiro atoms. The molecular weight excluding hydrogens is 376 g/mol. The van der Waals surface area contributed by atoms with Gasteiger partial charge in [-0.1, -0.05) is 13.8 Å². The van der Waals surface area contributed by atoms with Crippen LogP contribution in [0.3, 0.4) is 0 Å². The molecule has 5 rings (SSSR count). The van der Waals surface area contributed by atoms with Crippen LogP contribution in [0.25, 0.3) is 0 Å². The number of hydrogen-bond acceptors (Lipinski definition) is 4. The van der Waals surface area contributed by atoms with Crippen molar-refractivity contribution in [1.82, 2.24) is 0 Å². The summed E-state index contributed by atoms with van der Waals surface area (Å²) in [6, 6.07) is 0. The summed E-state index contributed by atoms with van der Waals surface area (Å²) < 4.78 is 18.1. The Kier molecular flexibility index (Phi) is 5.71. The first-order valence-corrected chi connectivity index (χ1v) is 12.8. The predicted octanol–water partition coefficient (Wildman–Crippen LogP) is 5.87. The van der Waals surface area contributed by atoms with Crippen molar-refractivity contribution in [2.24, 2.45) is 34.5 Å². The van der Waals surface area contributed by atoms with Crippen LogP contribution in [0, 0.1) is 34.5 Å². The highest BCUT2D eigenvalue weighted by Crippen LogP contribution is 2.66. The van der Waals surface area contributed by atoms with Gasteiger partial charge in [0.1, 0.15) is 6.10 Å². The van der Waals surface area contributed by atoms with E-state index in [2.05, 4.69) is 13.8 Å². The van der Waals surface area contributed by atoms with Crippen LogP contribution >= 0.6 is 0 Å². The maximum atomic E-state index is 11.7. The summed E-state index contributed by atoms with van der Waals surface area (Å²) in [5.41, 5.74) is 0.672. The Balaban J connectivity index is 1.26. The standard InChI is InChI=1S/C26H42O4/c1-17(27)29-23-10-9-21-20-8-7-18-16-19(30-24-6-4-5-15-28-24)11-13-25(18,2)22(20)12-14-26(21,23)3/h18-24H,4-16H2,1-3H3/t18-,19-,20+,21-,22-,23-,24-,25+,26+/m1/s1. The lowest BCUT2D eigenvalue weighted by Crippen LogP contribution is -2.55. The van der Waals surface area contributed by atoms with Gasteiger partial charge in [-0.15, -0.1) is 0 Å². The number of esters is 1. The molecule has 1 heterocycles. The summed E-state index contributed by atoms with van der Waals surface area (Å²) in [6.45, 7) is 7.49. The Bertz CT molecular complexity index is 643. The topological polar surface area (TPSA) is 44.8 Å². The molecule has 0 unspecified atom stereocenters. The molecule has 5 fully saturated rings. The number of carbonyl (C=O) groups is 1. The third-order valence-electron chi connectivity index (χ3n) is 10.3. The number of hydrogen-bond donors (Lipinski definition) is 0. The fraction of sp³-hybridized carbons (Fsp3) is 0.962. The highest BCUT2D eigenvalue weighted by Gasteiger charge is 2.61. The third-order valence-corrected chi connectivity index (χ3v) is 10.3. The van der Waals surface area contributed by atoms with Gasteiger partial charge in [0, 0.05) is 18.9 Å². The number of carbonyl (C=O) groups excluding carboxylic acids is 1. The molecule has 0 radical (unpaired) electrons. The van der Waals surface area contributed by atoms with Crippen molar-refractivity contribution in [2.75, 3.05) is 6.61 Å². The van der Waals surface area contributed by atoms with Gasteiger partial charge in [-0.3, -0.25) is 4.79 Å². The molecule has 4 saturated carbocycles. The molecule has 4 aliphatic carbocycles. The van der Waals surface area contributed by atoms with Gasteiger partial charge in [-0.2, -0.15) is 0 Å². The first-order valence-electron chi connectivity index (χ1n) is 12.8. The van der Waals surface area contributed by atoms with E-state index in [0.29, 0.717) is 11.5 Å². The van der Waals surface area contributed by atoms with E-state index in [1.54, 1.807) is 6.92 Å². The maximum Gasteiger partial charge on any atom is 0.302 e. The Morgan fingerprint density at radius 3 is 2.47 bits per heavy atom. The summed E-state index contributed by atoms with van der Waals surface area (Å²) in [5.74, 6) is 3.11. The van der Waals surface area contributed by atoms with E-state index >= 15 is 0 Å². The highest BCUT2D eigenvalue weighted by atomic mass is 16.7. The number of rotatable bonds is 3. The smallest absolute Gasteiger partial charge is 0.302 e. The van der Waals surface area contributed by atoms with Gasteiger partial charge in [0.25, 0.3) is 0 Å². The van der Waals surface area contributed by atoms with Crippen LogP contribution < -0.4 is 0 Å². The lowest BCUT2D eigenvalue weighted by molar-refractivity contribution is -0.212. The van der Waals surface area contributed by atoms with Crippen molar-refractivity contribution in [1.29, 1.82) is 0 Å². The fourth-order valence-electron chi connectivity index (χ4n) is 8.72. The average molecular weight is 419 g/mol. The largest absolute Gasteiger partial charge is 0.462 e. The zero-order valence-electron chi connectivity index (χ0n) is 19.4.